The van der Waals surface area contributed by atoms with Crippen LogP contribution in [0.1, 0.15) is 41.5 Å². The summed E-state index contributed by atoms with van der Waals surface area (Å²) in [4.78, 5) is 25.1. The topological polar surface area (TPSA) is 104 Å². The Morgan fingerprint density at radius 1 is 0.788 bits per heavy atom. The van der Waals surface area contributed by atoms with E-state index in [1.165, 1.54) is 31.4 Å². The van der Waals surface area contributed by atoms with Gasteiger partial charge in [-0.25, -0.2) is 0 Å². The van der Waals surface area contributed by atoms with Crippen LogP contribution >= 0.6 is 0 Å². The minimum atomic E-state index is -3.10. The number of benzene rings is 2. The van der Waals surface area contributed by atoms with Gasteiger partial charge in [-0.1, -0.05) is 0 Å². The quantitative estimate of drug-likeness (QED) is 0.486. The molecule has 2 amide bonds. The number of alkyl halides is 2. The lowest BCUT2D eigenvalue weighted by molar-refractivity contribution is -0.0512. The number of methoxy groups -OCH3 is 1. The van der Waals surface area contributed by atoms with Crippen molar-refractivity contribution in [2.75, 3.05) is 26.9 Å². The molecule has 0 aliphatic rings. The Balaban J connectivity index is 2.20. The molecule has 0 saturated carbocycles. The highest BCUT2D eigenvalue weighted by Crippen LogP contribution is 2.39. The van der Waals surface area contributed by atoms with E-state index in [-0.39, 0.29) is 22.6 Å². The van der Waals surface area contributed by atoms with E-state index in [9.17, 15) is 18.4 Å². The van der Waals surface area contributed by atoms with Gasteiger partial charge in [0, 0.05) is 11.1 Å². The summed E-state index contributed by atoms with van der Waals surface area (Å²) in [6, 6.07) is 6.62. The van der Waals surface area contributed by atoms with Crippen molar-refractivity contribution in [1.82, 2.24) is 10.9 Å². The summed E-state index contributed by atoms with van der Waals surface area (Å²) in [5.41, 5.74) is 4.59. The molecule has 0 saturated heterocycles. The number of carbonyl (C=O) groups excluding carboxylic acids is 2. The van der Waals surface area contributed by atoms with Crippen molar-refractivity contribution in [1.29, 1.82) is 0 Å². The van der Waals surface area contributed by atoms with Gasteiger partial charge in [-0.2, -0.15) is 8.78 Å². The fraction of sp³-hybridized carbons (Fsp3) is 0.364. The molecular formula is C22H26F2N2O7. The number of hydrogen-bond acceptors (Lipinski definition) is 7. The Morgan fingerprint density at radius 3 is 1.79 bits per heavy atom. The summed E-state index contributed by atoms with van der Waals surface area (Å²) < 4.78 is 51.2. The standard InChI is InChI=1S/C22H26F2N2O7/c1-5-30-17-11-14(12-18(31-6-2)19(17)32-7-3)21(28)26-25-20(27)13-8-9-15(29-4)16(10-13)33-22(23)24/h8-12,22H,5-7H2,1-4H3,(H,25,27)(H,26,28). The molecule has 2 aromatic carbocycles. The van der Waals surface area contributed by atoms with Crippen LogP contribution in [0.15, 0.2) is 30.3 Å². The third-order valence-corrected chi connectivity index (χ3v) is 4.10. The molecule has 2 aromatic rings. The van der Waals surface area contributed by atoms with E-state index in [4.69, 9.17) is 18.9 Å². The van der Waals surface area contributed by atoms with Crippen LogP contribution in [0.2, 0.25) is 0 Å². The second kappa shape index (κ2) is 12.3. The first-order valence-electron chi connectivity index (χ1n) is 10.1. The molecule has 0 atom stereocenters. The van der Waals surface area contributed by atoms with Crippen molar-refractivity contribution in [3.63, 3.8) is 0 Å². The minimum absolute atomic E-state index is 0.0252. The van der Waals surface area contributed by atoms with E-state index in [0.717, 1.165) is 6.07 Å². The fourth-order valence-corrected chi connectivity index (χ4v) is 2.78. The van der Waals surface area contributed by atoms with Crippen LogP contribution in [-0.2, 0) is 0 Å². The van der Waals surface area contributed by atoms with Gasteiger partial charge in [0.05, 0.1) is 26.9 Å². The van der Waals surface area contributed by atoms with Gasteiger partial charge in [-0.05, 0) is 51.1 Å². The second-order valence-corrected chi connectivity index (χ2v) is 6.25. The van der Waals surface area contributed by atoms with Gasteiger partial charge in [0.1, 0.15) is 0 Å². The predicted octanol–water partition coefficient (Wildman–Crippen LogP) is 3.57. The Hall–Kier alpha value is -3.76. The summed E-state index contributed by atoms with van der Waals surface area (Å²) in [5.74, 6) is -0.724. The van der Waals surface area contributed by atoms with Gasteiger partial charge >= 0.3 is 6.61 Å². The SMILES string of the molecule is CCOc1cc(C(=O)NNC(=O)c2ccc(OC)c(OC(F)F)c2)cc(OCC)c1OCC. The highest BCUT2D eigenvalue weighted by atomic mass is 19.3. The van der Waals surface area contributed by atoms with E-state index in [1.54, 1.807) is 20.8 Å². The summed E-state index contributed by atoms with van der Waals surface area (Å²) in [5, 5.41) is 0. The number of nitrogens with one attached hydrogen (secondary N) is 2. The largest absolute Gasteiger partial charge is 0.493 e. The van der Waals surface area contributed by atoms with Crippen molar-refractivity contribution in [2.45, 2.75) is 27.4 Å². The van der Waals surface area contributed by atoms with Crippen LogP contribution < -0.4 is 34.5 Å². The predicted molar refractivity (Wildman–Crippen MR) is 115 cm³/mol. The number of carbonyl (C=O) groups is 2. The van der Waals surface area contributed by atoms with Gasteiger partial charge in [0.15, 0.2) is 23.0 Å². The van der Waals surface area contributed by atoms with Crippen LogP contribution in [-0.4, -0.2) is 45.4 Å². The van der Waals surface area contributed by atoms with Gasteiger partial charge in [0.25, 0.3) is 11.8 Å². The molecule has 0 aliphatic heterocycles. The fourth-order valence-electron chi connectivity index (χ4n) is 2.78. The Kier molecular flexibility index (Phi) is 9.52. The van der Waals surface area contributed by atoms with Gasteiger partial charge < -0.3 is 23.7 Å². The molecule has 9 nitrogen and oxygen atoms in total. The summed E-state index contributed by atoms with van der Waals surface area (Å²) in [6.07, 6.45) is 0. The maximum Gasteiger partial charge on any atom is 0.387 e. The zero-order chi connectivity index (χ0) is 24.4. The number of hydrogen-bond donors (Lipinski definition) is 2. The van der Waals surface area contributed by atoms with Gasteiger partial charge in [-0.3, -0.25) is 20.4 Å². The molecule has 0 heterocycles. The summed E-state index contributed by atoms with van der Waals surface area (Å²) in [7, 11) is 1.28. The van der Waals surface area contributed by atoms with Crippen LogP contribution in [0.4, 0.5) is 8.78 Å². The average Bonchev–Trinajstić information content (AvgIpc) is 2.79. The lowest BCUT2D eigenvalue weighted by Gasteiger charge is -2.17. The first-order valence-corrected chi connectivity index (χ1v) is 10.1. The zero-order valence-electron chi connectivity index (χ0n) is 18.7. The molecule has 0 aromatic heterocycles. The molecule has 11 heteroatoms. The van der Waals surface area contributed by atoms with Crippen molar-refractivity contribution in [2.24, 2.45) is 0 Å². The molecule has 0 spiro atoms. The zero-order valence-corrected chi connectivity index (χ0v) is 18.7. The molecule has 0 radical (unpaired) electrons. The third kappa shape index (κ3) is 6.86. The molecule has 0 fully saturated rings. The monoisotopic (exact) mass is 468 g/mol. The number of rotatable bonds is 11. The Labute approximate surface area is 189 Å². The molecule has 2 N–H and O–H groups in total. The molecule has 0 bridgehead atoms. The van der Waals surface area contributed by atoms with Crippen LogP contribution in [0.3, 0.4) is 0 Å². The van der Waals surface area contributed by atoms with Gasteiger partial charge in [-0.15, -0.1) is 0 Å². The molecule has 180 valence electrons. The molecule has 33 heavy (non-hydrogen) atoms. The molecule has 0 aliphatic carbocycles. The van der Waals surface area contributed by atoms with Crippen molar-refractivity contribution in [3.8, 4) is 28.7 Å². The third-order valence-electron chi connectivity index (χ3n) is 4.10. The maximum absolute atomic E-state index is 12.7. The lowest BCUT2D eigenvalue weighted by atomic mass is 10.1. The van der Waals surface area contributed by atoms with Crippen LogP contribution in [0.5, 0.6) is 28.7 Å². The maximum atomic E-state index is 12.7. The highest BCUT2D eigenvalue weighted by Gasteiger charge is 2.19. The molecular weight excluding hydrogens is 442 g/mol. The van der Waals surface area contributed by atoms with E-state index < -0.39 is 18.4 Å². The van der Waals surface area contributed by atoms with Crippen molar-refractivity contribution in [3.05, 3.63) is 41.5 Å². The van der Waals surface area contributed by atoms with E-state index >= 15 is 0 Å². The smallest absolute Gasteiger partial charge is 0.387 e. The average molecular weight is 468 g/mol. The van der Waals surface area contributed by atoms with Crippen LogP contribution in [0, 0.1) is 0 Å². The summed E-state index contributed by atoms with van der Waals surface area (Å²) >= 11 is 0. The lowest BCUT2D eigenvalue weighted by Crippen LogP contribution is -2.41. The Morgan fingerprint density at radius 2 is 1.30 bits per heavy atom. The number of amides is 2. The molecule has 0 unspecified atom stereocenters. The van der Waals surface area contributed by atoms with Crippen molar-refractivity contribution >= 4 is 11.8 Å². The van der Waals surface area contributed by atoms with E-state index in [0.29, 0.717) is 37.1 Å². The first-order chi connectivity index (χ1) is 15.8. The van der Waals surface area contributed by atoms with Crippen molar-refractivity contribution < 1.29 is 42.1 Å². The highest BCUT2D eigenvalue weighted by molar-refractivity contribution is 6.00. The number of hydrazine groups is 1. The van der Waals surface area contributed by atoms with E-state index in [2.05, 4.69) is 15.6 Å². The van der Waals surface area contributed by atoms with Gasteiger partial charge in [0.2, 0.25) is 5.75 Å². The van der Waals surface area contributed by atoms with Crippen LogP contribution in [0.25, 0.3) is 0 Å². The second-order valence-electron chi connectivity index (χ2n) is 6.25. The Bertz CT molecular complexity index is 943. The van der Waals surface area contributed by atoms with E-state index in [1.807, 2.05) is 0 Å². The first kappa shape index (κ1) is 25.5. The number of halogens is 2. The number of ether oxygens (including phenoxy) is 5. The minimum Gasteiger partial charge on any atom is -0.493 e. The molecule has 2 rings (SSSR count). The normalized spacial score (nSPS) is 10.4. The summed E-state index contributed by atoms with van der Waals surface area (Å²) in [6.45, 7) is 3.28.